The van der Waals surface area contributed by atoms with Crippen molar-refractivity contribution in [2.75, 3.05) is 31.6 Å². The van der Waals surface area contributed by atoms with Crippen LogP contribution in [0.3, 0.4) is 0 Å². The molecule has 1 aromatic carbocycles. The number of anilines is 1. The second-order valence-electron chi connectivity index (χ2n) is 4.98. The molecule has 1 saturated heterocycles. The minimum atomic E-state index is -0.215. The molecule has 1 aliphatic heterocycles. The van der Waals surface area contributed by atoms with Gasteiger partial charge in [-0.25, -0.2) is 0 Å². The SMILES string of the molecule is CCOc1ccccc1NC(=O)CN1CCC(O)CC1. The molecule has 1 fully saturated rings. The summed E-state index contributed by atoms with van der Waals surface area (Å²) >= 11 is 0. The number of piperidine rings is 1. The number of nitrogens with one attached hydrogen (secondary N) is 1. The summed E-state index contributed by atoms with van der Waals surface area (Å²) in [6.45, 7) is 4.37. The van der Waals surface area contributed by atoms with E-state index in [1.165, 1.54) is 0 Å². The van der Waals surface area contributed by atoms with Crippen LogP contribution >= 0.6 is 0 Å². The first-order valence-electron chi connectivity index (χ1n) is 7.11. The number of ether oxygens (including phenoxy) is 1. The molecule has 1 aromatic rings. The van der Waals surface area contributed by atoms with E-state index < -0.39 is 0 Å². The van der Waals surface area contributed by atoms with Crippen molar-refractivity contribution in [1.82, 2.24) is 4.90 Å². The highest BCUT2D eigenvalue weighted by Gasteiger charge is 2.19. The lowest BCUT2D eigenvalue weighted by Crippen LogP contribution is -2.40. The number of para-hydroxylation sites is 2. The number of hydrogen-bond acceptors (Lipinski definition) is 4. The molecule has 0 aromatic heterocycles. The molecule has 0 radical (unpaired) electrons. The van der Waals surface area contributed by atoms with Gasteiger partial charge in [0.2, 0.25) is 5.91 Å². The van der Waals surface area contributed by atoms with E-state index in [2.05, 4.69) is 10.2 Å². The first-order valence-corrected chi connectivity index (χ1v) is 7.11. The fourth-order valence-corrected chi connectivity index (χ4v) is 2.32. The van der Waals surface area contributed by atoms with Crippen LogP contribution in [0.4, 0.5) is 5.69 Å². The monoisotopic (exact) mass is 278 g/mol. The highest BCUT2D eigenvalue weighted by Crippen LogP contribution is 2.23. The van der Waals surface area contributed by atoms with E-state index in [0.29, 0.717) is 24.6 Å². The zero-order chi connectivity index (χ0) is 14.4. The number of aliphatic hydroxyl groups excluding tert-OH is 1. The fourth-order valence-electron chi connectivity index (χ4n) is 2.32. The summed E-state index contributed by atoms with van der Waals surface area (Å²) in [5, 5.41) is 12.3. The first-order chi connectivity index (χ1) is 9.69. The second-order valence-corrected chi connectivity index (χ2v) is 4.98. The lowest BCUT2D eigenvalue weighted by molar-refractivity contribution is -0.117. The number of rotatable bonds is 5. The Hall–Kier alpha value is -1.59. The molecular formula is C15H22N2O3. The molecule has 1 aliphatic rings. The molecule has 0 aliphatic carbocycles. The number of hydrogen-bond donors (Lipinski definition) is 2. The van der Waals surface area contributed by atoms with Gasteiger partial charge in [-0.05, 0) is 31.9 Å². The predicted octanol–water partition coefficient (Wildman–Crippen LogP) is 1.48. The lowest BCUT2D eigenvalue weighted by atomic mass is 10.1. The van der Waals surface area contributed by atoms with Gasteiger partial charge in [0.25, 0.3) is 0 Å². The number of likely N-dealkylation sites (tertiary alicyclic amines) is 1. The van der Waals surface area contributed by atoms with Gasteiger partial charge in [-0.2, -0.15) is 0 Å². The third-order valence-corrected chi connectivity index (χ3v) is 3.39. The molecule has 0 bridgehead atoms. The van der Waals surface area contributed by atoms with Crippen molar-refractivity contribution in [2.24, 2.45) is 0 Å². The molecule has 0 spiro atoms. The average molecular weight is 278 g/mol. The summed E-state index contributed by atoms with van der Waals surface area (Å²) < 4.78 is 5.48. The van der Waals surface area contributed by atoms with Crippen LogP contribution in [0.5, 0.6) is 5.75 Å². The van der Waals surface area contributed by atoms with Crippen molar-refractivity contribution in [3.63, 3.8) is 0 Å². The van der Waals surface area contributed by atoms with E-state index in [-0.39, 0.29) is 12.0 Å². The van der Waals surface area contributed by atoms with E-state index >= 15 is 0 Å². The summed E-state index contributed by atoms with van der Waals surface area (Å²) in [6, 6.07) is 7.43. The van der Waals surface area contributed by atoms with Crippen LogP contribution in [0.15, 0.2) is 24.3 Å². The summed E-state index contributed by atoms with van der Waals surface area (Å²) in [7, 11) is 0. The Balaban J connectivity index is 1.88. The van der Waals surface area contributed by atoms with Crippen LogP contribution in [-0.2, 0) is 4.79 Å². The van der Waals surface area contributed by atoms with Gasteiger partial charge in [-0.15, -0.1) is 0 Å². The van der Waals surface area contributed by atoms with Crippen LogP contribution < -0.4 is 10.1 Å². The van der Waals surface area contributed by atoms with Crippen molar-refractivity contribution in [2.45, 2.75) is 25.9 Å². The standard InChI is InChI=1S/C15H22N2O3/c1-2-20-14-6-4-3-5-13(14)16-15(19)11-17-9-7-12(18)8-10-17/h3-6,12,18H,2,7-11H2,1H3,(H,16,19). The molecule has 20 heavy (non-hydrogen) atoms. The molecule has 2 rings (SSSR count). The maximum absolute atomic E-state index is 12.0. The number of amides is 1. The number of aliphatic hydroxyl groups is 1. The Bertz CT molecular complexity index is 442. The summed E-state index contributed by atoms with van der Waals surface area (Å²) in [5.74, 6) is 0.644. The molecule has 1 heterocycles. The molecule has 2 N–H and O–H groups in total. The highest BCUT2D eigenvalue weighted by atomic mass is 16.5. The lowest BCUT2D eigenvalue weighted by Gasteiger charge is -2.28. The van der Waals surface area contributed by atoms with Crippen LogP contribution in [0, 0.1) is 0 Å². The van der Waals surface area contributed by atoms with E-state index in [9.17, 15) is 9.90 Å². The van der Waals surface area contributed by atoms with Crippen LogP contribution in [0.25, 0.3) is 0 Å². The van der Waals surface area contributed by atoms with Crippen molar-refractivity contribution in [3.8, 4) is 5.75 Å². The Morgan fingerprint density at radius 2 is 2.10 bits per heavy atom. The molecule has 110 valence electrons. The Labute approximate surface area is 119 Å². The van der Waals surface area contributed by atoms with E-state index in [0.717, 1.165) is 25.9 Å². The van der Waals surface area contributed by atoms with E-state index in [1.54, 1.807) is 0 Å². The molecule has 0 unspecified atom stereocenters. The fraction of sp³-hybridized carbons (Fsp3) is 0.533. The number of nitrogens with zero attached hydrogens (tertiary/aromatic N) is 1. The van der Waals surface area contributed by atoms with Crippen LogP contribution in [0.2, 0.25) is 0 Å². The average Bonchev–Trinajstić information content (AvgIpc) is 2.44. The Kier molecular flexibility index (Phi) is 5.38. The Morgan fingerprint density at radius 1 is 1.40 bits per heavy atom. The van der Waals surface area contributed by atoms with Gasteiger partial charge >= 0.3 is 0 Å². The van der Waals surface area contributed by atoms with Crippen molar-refractivity contribution >= 4 is 11.6 Å². The molecule has 1 amide bonds. The van der Waals surface area contributed by atoms with Crippen molar-refractivity contribution in [3.05, 3.63) is 24.3 Å². The zero-order valence-corrected chi connectivity index (χ0v) is 11.8. The predicted molar refractivity (Wildman–Crippen MR) is 77.9 cm³/mol. The van der Waals surface area contributed by atoms with Gasteiger partial charge in [-0.1, -0.05) is 12.1 Å². The Morgan fingerprint density at radius 3 is 2.80 bits per heavy atom. The van der Waals surface area contributed by atoms with E-state index in [4.69, 9.17) is 4.74 Å². The highest BCUT2D eigenvalue weighted by molar-refractivity contribution is 5.93. The topological polar surface area (TPSA) is 61.8 Å². The quantitative estimate of drug-likeness (QED) is 0.856. The van der Waals surface area contributed by atoms with Gasteiger partial charge in [0.1, 0.15) is 5.75 Å². The van der Waals surface area contributed by atoms with Gasteiger partial charge < -0.3 is 15.2 Å². The number of carbonyl (C=O) groups excluding carboxylic acids is 1. The van der Waals surface area contributed by atoms with Crippen LogP contribution in [0.1, 0.15) is 19.8 Å². The normalized spacial score (nSPS) is 16.9. The van der Waals surface area contributed by atoms with Crippen molar-refractivity contribution in [1.29, 1.82) is 0 Å². The maximum atomic E-state index is 12.0. The zero-order valence-electron chi connectivity index (χ0n) is 11.8. The number of carbonyl (C=O) groups is 1. The summed E-state index contributed by atoms with van der Waals surface area (Å²) in [6.07, 6.45) is 1.26. The van der Waals surface area contributed by atoms with Crippen LogP contribution in [-0.4, -0.2) is 48.3 Å². The maximum Gasteiger partial charge on any atom is 0.238 e. The molecule has 5 heteroatoms. The van der Waals surface area contributed by atoms with Crippen molar-refractivity contribution < 1.29 is 14.6 Å². The van der Waals surface area contributed by atoms with Gasteiger partial charge in [0.05, 0.1) is 24.9 Å². The van der Waals surface area contributed by atoms with Gasteiger partial charge in [0, 0.05) is 13.1 Å². The third kappa shape index (κ3) is 4.21. The second kappa shape index (κ2) is 7.26. The summed E-state index contributed by atoms with van der Waals surface area (Å²) in [4.78, 5) is 14.1. The molecular weight excluding hydrogens is 256 g/mol. The molecule has 0 saturated carbocycles. The smallest absolute Gasteiger partial charge is 0.238 e. The van der Waals surface area contributed by atoms with Gasteiger partial charge in [-0.3, -0.25) is 9.69 Å². The molecule has 0 atom stereocenters. The van der Waals surface area contributed by atoms with E-state index in [1.807, 2.05) is 31.2 Å². The third-order valence-electron chi connectivity index (χ3n) is 3.39. The first kappa shape index (κ1) is 14.8. The minimum absolute atomic E-state index is 0.0476. The molecule has 5 nitrogen and oxygen atoms in total. The minimum Gasteiger partial charge on any atom is -0.492 e. The number of benzene rings is 1. The van der Waals surface area contributed by atoms with Gasteiger partial charge in [0.15, 0.2) is 0 Å². The summed E-state index contributed by atoms with van der Waals surface area (Å²) in [5.41, 5.74) is 0.705. The largest absolute Gasteiger partial charge is 0.492 e.